The SMILES string of the molecule is [CH2]CCNC(=O)CCCCCCCCCCC. The third-order valence-electron chi connectivity index (χ3n) is 3.01. The Morgan fingerprint density at radius 3 is 2.00 bits per heavy atom. The fraction of sp³-hybridized carbons (Fsp3) is 0.867. The van der Waals surface area contributed by atoms with Crippen molar-refractivity contribution in [3.8, 4) is 0 Å². The highest BCUT2D eigenvalue weighted by molar-refractivity contribution is 5.75. The summed E-state index contributed by atoms with van der Waals surface area (Å²) in [7, 11) is 0. The van der Waals surface area contributed by atoms with Crippen LogP contribution in [-0.2, 0) is 4.79 Å². The van der Waals surface area contributed by atoms with Crippen molar-refractivity contribution in [1.29, 1.82) is 0 Å². The summed E-state index contributed by atoms with van der Waals surface area (Å²) >= 11 is 0. The molecule has 101 valence electrons. The Bertz CT molecular complexity index is 168. The Hall–Kier alpha value is -0.530. The van der Waals surface area contributed by atoms with Gasteiger partial charge in [0.1, 0.15) is 0 Å². The van der Waals surface area contributed by atoms with Gasteiger partial charge in [0.2, 0.25) is 5.91 Å². The van der Waals surface area contributed by atoms with Gasteiger partial charge in [0.25, 0.3) is 0 Å². The average molecular weight is 240 g/mol. The van der Waals surface area contributed by atoms with E-state index in [0.717, 1.165) is 19.4 Å². The van der Waals surface area contributed by atoms with Crippen LogP contribution in [-0.4, -0.2) is 12.5 Å². The minimum Gasteiger partial charge on any atom is -0.356 e. The smallest absolute Gasteiger partial charge is 0.219 e. The normalized spacial score (nSPS) is 10.5. The number of rotatable bonds is 12. The number of unbranched alkanes of at least 4 members (excludes halogenated alkanes) is 8. The molecule has 0 aromatic heterocycles. The van der Waals surface area contributed by atoms with Crippen LogP contribution in [0.3, 0.4) is 0 Å². The van der Waals surface area contributed by atoms with Gasteiger partial charge >= 0.3 is 0 Å². The molecule has 1 amide bonds. The highest BCUT2D eigenvalue weighted by Gasteiger charge is 1.99. The van der Waals surface area contributed by atoms with E-state index in [-0.39, 0.29) is 5.91 Å². The lowest BCUT2D eigenvalue weighted by molar-refractivity contribution is -0.121. The molecule has 0 aliphatic heterocycles. The molecule has 1 radical (unpaired) electrons. The number of nitrogens with one attached hydrogen (secondary N) is 1. The highest BCUT2D eigenvalue weighted by atomic mass is 16.1. The first kappa shape index (κ1) is 16.5. The lowest BCUT2D eigenvalue weighted by Crippen LogP contribution is -2.23. The van der Waals surface area contributed by atoms with Crippen molar-refractivity contribution in [3.05, 3.63) is 6.92 Å². The molecule has 0 aliphatic carbocycles. The molecular formula is C15H30NO. The van der Waals surface area contributed by atoms with Gasteiger partial charge in [-0.15, -0.1) is 0 Å². The number of hydrogen-bond donors (Lipinski definition) is 1. The molecule has 0 aromatic rings. The second kappa shape index (κ2) is 13.5. The standard InChI is InChI=1S/C15H30NO/c1-3-5-6-7-8-9-10-11-12-13-15(17)16-14-4-2/h2-14H2,1H3,(H,16,17). The maximum atomic E-state index is 11.3. The largest absolute Gasteiger partial charge is 0.356 e. The zero-order valence-electron chi connectivity index (χ0n) is 11.6. The van der Waals surface area contributed by atoms with E-state index >= 15 is 0 Å². The summed E-state index contributed by atoms with van der Waals surface area (Å²) in [5.41, 5.74) is 0. The first-order valence-electron chi connectivity index (χ1n) is 7.37. The summed E-state index contributed by atoms with van der Waals surface area (Å²) in [5.74, 6) is 0.191. The van der Waals surface area contributed by atoms with Crippen molar-refractivity contribution in [1.82, 2.24) is 5.32 Å². The summed E-state index contributed by atoms with van der Waals surface area (Å²) in [4.78, 5) is 11.3. The van der Waals surface area contributed by atoms with Gasteiger partial charge in [-0.05, 0) is 12.8 Å². The van der Waals surface area contributed by atoms with E-state index in [4.69, 9.17) is 0 Å². The van der Waals surface area contributed by atoms with Gasteiger partial charge in [-0.3, -0.25) is 4.79 Å². The van der Waals surface area contributed by atoms with Crippen LogP contribution in [0, 0.1) is 6.92 Å². The first-order chi connectivity index (χ1) is 8.31. The maximum Gasteiger partial charge on any atom is 0.219 e. The van der Waals surface area contributed by atoms with Crippen LogP contribution in [0.5, 0.6) is 0 Å². The molecule has 0 atom stereocenters. The van der Waals surface area contributed by atoms with Gasteiger partial charge in [0.05, 0.1) is 0 Å². The second-order valence-corrected chi connectivity index (χ2v) is 4.78. The Kier molecular flexibility index (Phi) is 13.1. The highest BCUT2D eigenvalue weighted by Crippen LogP contribution is 2.10. The number of amides is 1. The van der Waals surface area contributed by atoms with Crippen LogP contribution in [0.25, 0.3) is 0 Å². The zero-order chi connectivity index (χ0) is 12.8. The minimum atomic E-state index is 0.191. The third kappa shape index (κ3) is 13.4. The van der Waals surface area contributed by atoms with Gasteiger partial charge in [-0.2, -0.15) is 0 Å². The monoisotopic (exact) mass is 240 g/mol. The molecule has 2 nitrogen and oxygen atoms in total. The minimum absolute atomic E-state index is 0.191. The number of hydrogen-bond acceptors (Lipinski definition) is 1. The number of carbonyl (C=O) groups excluding carboxylic acids is 1. The molecule has 0 heterocycles. The van der Waals surface area contributed by atoms with E-state index in [1.54, 1.807) is 0 Å². The molecule has 0 spiro atoms. The quantitative estimate of drug-likeness (QED) is 0.508. The predicted octanol–water partition coefficient (Wildman–Crippen LogP) is 4.25. The molecule has 0 aliphatic rings. The lowest BCUT2D eigenvalue weighted by Gasteiger charge is -2.03. The predicted molar refractivity (Wildman–Crippen MR) is 74.8 cm³/mol. The molecule has 0 saturated heterocycles. The molecule has 1 N–H and O–H groups in total. The third-order valence-corrected chi connectivity index (χ3v) is 3.01. The molecule has 0 bridgehead atoms. The molecular weight excluding hydrogens is 210 g/mol. The Morgan fingerprint density at radius 1 is 0.941 bits per heavy atom. The molecule has 0 unspecified atom stereocenters. The first-order valence-corrected chi connectivity index (χ1v) is 7.37. The summed E-state index contributed by atoms with van der Waals surface area (Å²) in [6.07, 6.45) is 13.2. The van der Waals surface area contributed by atoms with E-state index in [1.165, 1.54) is 51.4 Å². The Morgan fingerprint density at radius 2 is 1.47 bits per heavy atom. The maximum absolute atomic E-state index is 11.3. The van der Waals surface area contributed by atoms with Crippen molar-refractivity contribution in [2.24, 2.45) is 0 Å². The van der Waals surface area contributed by atoms with Crippen molar-refractivity contribution in [3.63, 3.8) is 0 Å². The average Bonchev–Trinajstić information content (AvgIpc) is 2.34. The van der Waals surface area contributed by atoms with Crippen molar-refractivity contribution >= 4 is 5.91 Å². The number of carbonyl (C=O) groups is 1. The van der Waals surface area contributed by atoms with Crippen LogP contribution >= 0.6 is 0 Å². The van der Waals surface area contributed by atoms with Crippen molar-refractivity contribution in [2.45, 2.75) is 77.6 Å². The van der Waals surface area contributed by atoms with Gasteiger partial charge in [0.15, 0.2) is 0 Å². The summed E-state index contributed by atoms with van der Waals surface area (Å²) in [6.45, 7) is 6.66. The summed E-state index contributed by atoms with van der Waals surface area (Å²) in [6, 6.07) is 0. The van der Waals surface area contributed by atoms with E-state index in [1.807, 2.05) is 0 Å². The Balaban J connectivity index is 3.05. The molecule has 0 rings (SSSR count). The van der Waals surface area contributed by atoms with Crippen LogP contribution in [0.4, 0.5) is 0 Å². The van der Waals surface area contributed by atoms with E-state index in [9.17, 15) is 4.79 Å². The van der Waals surface area contributed by atoms with Gasteiger partial charge in [0, 0.05) is 13.0 Å². The summed E-state index contributed by atoms with van der Waals surface area (Å²) in [5, 5.41) is 2.86. The van der Waals surface area contributed by atoms with Gasteiger partial charge < -0.3 is 5.32 Å². The molecule has 17 heavy (non-hydrogen) atoms. The molecule has 0 aromatic carbocycles. The van der Waals surface area contributed by atoms with Crippen molar-refractivity contribution < 1.29 is 4.79 Å². The zero-order valence-corrected chi connectivity index (χ0v) is 11.6. The van der Waals surface area contributed by atoms with Crippen LogP contribution in [0.15, 0.2) is 0 Å². The lowest BCUT2D eigenvalue weighted by atomic mass is 10.1. The van der Waals surface area contributed by atoms with Gasteiger partial charge in [-0.25, -0.2) is 0 Å². The van der Waals surface area contributed by atoms with Gasteiger partial charge in [-0.1, -0.05) is 65.2 Å². The van der Waals surface area contributed by atoms with Crippen LogP contribution in [0.2, 0.25) is 0 Å². The fourth-order valence-electron chi connectivity index (χ4n) is 1.91. The second-order valence-electron chi connectivity index (χ2n) is 4.78. The van der Waals surface area contributed by atoms with E-state index in [0.29, 0.717) is 6.42 Å². The molecule has 0 fully saturated rings. The van der Waals surface area contributed by atoms with Crippen molar-refractivity contribution in [2.75, 3.05) is 6.54 Å². The molecule has 0 saturated carbocycles. The van der Waals surface area contributed by atoms with E-state index in [2.05, 4.69) is 19.2 Å². The Labute approximate surface area is 108 Å². The topological polar surface area (TPSA) is 29.1 Å². The van der Waals surface area contributed by atoms with Crippen LogP contribution in [0.1, 0.15) is 77.6 Å². The van der Waals surface area contributed by atoms with Crippen LogP contribution < -0.4 is 5.32 Å². The molecule has 2 heteroatoms. The van der Waals surface area contributed by atoms with E-state index < -0.39 is 0 Å². The fourth-order valence-corrected chi connectivity index (χ4v) is 1.91. The summed E-state index contributed by atoms with van der Waals surface area (Å²) < 4.78 is 0.